The number of hydrogen-bond acceptors (Lipinski definition) is 4. The number of rotatable bonds is 4. The number of benzene rings is 1. The molecule has 0 N–H and O–H groups in total. The largest absolute Gasteiger partial charge is 0.416 e. The number of fused-ring (bicyclic) bond motifs is 2. The molecule has 31 heavy (non-hydrogen) atoms. The van der Waals surface area contributed by atoms with E-state index in [-0.39, 0.29) is 11.8 Å². The Hall–Kier alpha value is -1.15. The first-order chi connectivity index (χ1) is 14.7. The average Bonchev–Trinajstić information content (AvgIpc) is 2.96. The van der Waals surface area contributed by atoms with E-state index in [2.05, 4.69) is 6.92 Å². The molecule has 2 bridgehead atoms. The SMILES string of the molecule is C[C@@H]1CC[C@H]2[C@@H](CCCc3cccc(C(F)(F)F)c3)CO[C@@H]3O[C@@]4(C)CC[C@@H]1[C@]32OO4. The zero-order valence-corrected chi connectivity index (χ0v) is 18.1. The summed E-state index contributed by atoms with van der Waals surface area (Å²) in [6.45, 7) is 4.80. The van der Waals surface area contributed by atoms with E-state index < -0.39 is 29.4 Å². The van der Waals surface area contributed by atoms with Crippen molar-refractivity contribution in [3.8, 4) is 0 Å². The molecule has 172 valence electrons. The molecule has 6 rings (SSSR count). The van der Waals surface area contributed by atoms with Gasteiger partial charge in [-0.3, -0.25) is 0 Å². The van der Waals surface area contributed by atoms with Gasteiger partial charge in [0.25, 0.3) is 0 Å². The number of halogens is 3. The van der Waals surface area contributed by atoms with Gasteiger partial charge in [-0.1, -0.05) is 25.1 Å². The summed E-state index contributed by atoms with van der Waals surface area (Å²) in [5.74, 6) is 0.641. The normalized spacial score (nSPS) is 42.2. The van der Waals surface area contributed by atoms with Gasteiger partial charge in [-0.05, 0) is 74.8 Å². The van der Waals surface area contributed by atoms with E-state index in [1.165, 1.54) is 12.1 Å². The first-order valence-corrected chi connectivity index (χ1v) is 11.5. The Bertz CT molecular complexity index is 814. The Labute approximate surface area is 181 Å². The van der Waals surface area contributed by atoms with Crippen molar-refractivity contribution in [1.29, 1.82) is 0 Å². The Kier molecular flexibility index (Phi) is 5.40. The molecule has 4 heterocycles. The Morgan fingerprint density at radius 1 is 1.10 bits per heavy atom. The van der Waals surface area contributed by atoms with Crippen LogP contribution in [0.25, 0.3) is 0 Å². The van der Waals surface area contributed by atoms with Gasteiger partial charge in [0.05, 0.1) is 12.2 Å². The minimum absolute atomic E-state index is 0.275. The van der Waals surface area contributed by atoms with E-state index >= 15 is 0 Å². The minimum atomic E-state index is -4.30. The summed E-state index contributed by atoms with van der Waals surface area (Å²) in [5, 5.41) is 0. The van der Waals surface area contributed by atoms with E-state index in [9.17, 15) is 13.2 Å². The van der Waals surface area contributed by atoms with E-state index in [0.29, 0.717) is 24.9 Å². The lowest BCUT2D eigenvalue weighted by molar-refractivity contribution is -0.567. The first-order valence-electron chi connectivity index (χ1n) is 11.5. The summed E-state index contributed by atoms with van der Waals surface area (Å²) in [6, 6.07) is 5.66. The lowest BCUT2D eigenvalue weighted by atomic mass is 9.57. The monoisotopic (exact) mass is 440 g/mol. The molecule has 5 aliphatic rings. The smallest absolute Gasteiger partial charge is 0.349 e. The maximum absolute atomic E-state index is 13.0. The minimum Gasteiger partial charge on any atom is -0.349 e. The molecule has 1 saturated carbocycles. The molecule has 1 spiro atoms. The number of hydrogen-bond donors (Lipinski definition) is 0. The second kappa shape index (κ2) is 7.72. The summed E-state index contributed by atoms with van der Waals surface area (Å²) >= 11 is 0. The van der Waals surface area contributed by atoms with Crippen molar-refractivity contribution >= 4 is 0 Å². The van der Waals surface area contributed by atoms with Crippen LogP contribution < -0.4 is 0 Å². The third kappa shape index (κ3) is 3.71. The summed E-state index contributed by atoms with van der Waals surface area (Å²) in [4.78, 5) is 12.0. The van der Waals surface area contributed by atoms with Gasteiger partial charge in [0, 0.05) is 12.3 Å². The summed E-state index contributed by atoms with van der Waals surface area (Å²) in [7, 11) is 0. The summed E-state index contributed by atoms with van der Waals surface area (Å²) in [5.41, 5.74) is -0.431. The van der Waals surface area contributed by atoms with E-state index in [4.69, 9.17) is 19.2 Å². The van der Waals surface area contributed by atoms with Crippen LogP contribution in [0.1, 0.15) is 63.5 Å². The van der Waals surface area contributed by atoms with Crippen molar-refractivity contribution in [3.05, 3.63) is 35.4 Å². The van der Waals surface area contributed by atoms with Crippen LogP contribution >= 0.6 is 0 Å². The molecular weight excluding hydrogens is 409 g/mol. The second-order valence-corrected chi connectivity index (χ2v) is 10.1. The summed E-state index contributed by atoms with van der Waals surface area (Å²) in [6.07, 6.45) is 1.57. The van der Waals surface area contributed by atoms with Gasteiger partial charge in [0.1, 0.15) is 0 Å². The van der Waals surface area contributed by atoms with Crippen molar-refractivity contribution in [2.24, 2.45) is 23.7 Å². The number of aryl methyl sites for hydroxylation is 1. The average molecular weight is 441 g/mol. The molecule has 0 aromatic heterocycles. The fourth-order valence-electron chi connectivity index (χ4n) is 6.48. The molecule has 7 heteroatoms. The van der Waals surface area contributed by atoms with Crippen LogP contribution in [0.2, 0.25) is 0 Å². The molecule has 7 atom stereocenters. The maximum Gasteiger partial charge on any atom is 0.416 e. The first kappa shape index (κ1) is 21.7. The summed E-state index contributed by atoms with van der Waals surface area (Å²) < 4.78 is 51.5. The van der Waals surface area contributed by atoms with Crippen LogP contribution in [0.15, 0.2) is 24.3 Å². The lowest BCUT2D eigenvalue weighted by Gasteiger charge is -2.59. The van der Waals surface area contributed by atoms with Crippen molar-refractivity contribution < 1.29 is 32.4 Å². The molecule has 0 unspecified atom stereocenters. The molecule has 4 nitrogen and oxygen atoms in total. The quantitative estimate of drug-likeness (QED) is 0.547. The highest BCUT2D eigenvalue weighted by Crippen LogP contribution is 2.60. The molecule has 0 radical (unpaired) electrons. The molecule has 0 amide bonds. The third-order valence-corrected chi connectivity index (χ3v) is 8.10. The maximum atomic E-state index is 13.0. The third-order valence-electron chi connectivity index (χ3n) is 8.10. The Morgan fingerprint density at radius 2 is 1.94 bits per heavy atom. The van der Waals surface area contributed by atoms with Gasteiger partial charge in [-0.25, -0.2) is 9.78 Å². The van der Waals surface area contributed by atoms with Crippen molar-refractivity contribution in [2.75, 3.05) is 6.61 Å². The van der Waals surface area contributed by atoms with Crippen LogP contribution in [-0.2, 0) is 31.8 Å². The van der Waals surface area contributed by atoms with Crippen molar-refractivity contribution in [2.45, 2.75) is 82.6 Å². The van der Waals surface area contributed by atoms with E-state index in [1.807, 2.05) is 6.92 Å². The molecule has 5 fully saturated rings. The predicted molar refractivity (Wildman–Crippen MR) is 107 cm³/mol. The molecule has 1 aromatic rings. The van der Waals surface area contributed by atoms with Crippen molar-refractivity contribution in [1.82, 2.24) is 0 Å². The van der Waals surface area contributed by atoms with E-state index in [0.717, 1.165) is 50.2 Å². The second-order valence-electron chi connectivity index (χ2n) is 10.1. The van der Waals surface area contributed by atoms with Gasteiger partial charge in [-0.2, -0.15) is 13.2 Å². The number of alkyl halides is 3. The molecule has 4 saturated heterocycles. The van der Waals surface area contributed by atoms with Crippen LogP contribution in [0.5, 0.6) is 0 Å². The molecular formula is C24H31F3O4. The van der Waals surface area contributed by atoms with Gasteiger partial charge in [0.2, 0.25) is 5.79 Å². The number of ether oxygens (including phenoxy) is 2. The van der Waals surface area contributed by atoms with Gasteiger partial charge >= 0.3 is 6.18 Å². The predicted octanol–water partition coefficient (Wildman–Crippen LogP) is 5.89. The van der Waals surface area contributed by atoms with Crippen LogP contribution in [0.3, 0.4) is 0 Å². The van der Waals surface area contributed by atoms with Gasteiger partial charge in [-0.15, -0.1) is 0 Å². The highest BCUT2D eigenvalue weighted by molar-refractivity contribution is 5.25. The highest BCUT2D eigenvalue weighted by Gasteiger charge is 2.68. The zero-order valence-electron chi connectivity index (χ0n) is 18.1. The highest BCUT2D eigenvalue weighted by atomic mass is 19.4. The zero-order chi connectivity index (χ0) is 21.9. The molecule has 1 aliphatic carbocycles. The van der Waals surface area contributed by atoms with Gasteiger partial charge < -0.3 is 9.47 Å². The molecule has 4 aliphatic heterocycles. The topological polar surface area (TPSA) is 36.9 Å². The lowest BCUT2D eigenvalue weighted by Crippen LogP contribution is -2.69. The fraction of sp³-hybridized carbons (Fsp3) is 0.750. The van der Waals surface area contributed by atoms with Gasteiger partial charge in [0.15, 0.2) is 11.9 Å². The molecule has 1 aromatic carbocycles. The standard InChI is InChI=1S/C24H31F3O4/c1-15-9-10-20-17(7-3-5-16-6-4-8-18(13-16)24(25,26)27)14-28-21-23(20)19(15)11-12-22(2,29-21)30-31-23/h4,6,8,13,15,17,19-21H,3,5,7,9-12,14H2,1-2H3/t15-,17+,19+,20+,21-,22-,23-/m1/s1. The van der Waals surface area contributed by atoms with Crippen molar-refractivity contribution in [3.63, 3.8) is 0 Å². The van der Waals surface area contributed by atoms with Crippen LogP contribution in [0.4, 0.5) is 13.2 Å². The van der Waals surface area contributed by atoms with Crippen LogP contribution in [-0.4, -0.2) is 24.3 Å². The van der Waals surface area contributed by atoms with Crippen LogP contribution in [0, 0.1) is 23.7 Å². The van der Waals surface area contributed by atoms with E-state index in [1.54, 1.807) is 6.07 Å². The fourth-order valence-corrected chi connectivity index (χ4v) is 6.48. The Morgan fingerprint density at radius 3 is 2.74 bits per heavy atom. The Balaban J connectivity index is 1.30.